The summed E-state index contributed by atoms with van der Waals surface area (Å²) in [7, 11) is -3.76. The Kier molecular flexibility index (Phi) is 30.3. The van der Waals surface area contributed by atoms with Crippen molar-refractivity contribution in [3.63, 3.8) is 0 Å². The van der Waals surface area contributed by atoms with E-state index in [1.54, 1.807) is 70.8 Å². The highest BCUT2D eigenvalue weighted by molar-refractivity contribution is 7.93. The molecule has 0 amide bonds. The summed E-state index contributed by atoms with van der Waals surface area (Å²) >= 11 is 6.13. The topological polar surface area (TPSA) is 225 Å². The first kappa shape index (κ1) is 84.3. The van der Waals surface area contributed by atoms with E-state index in [1.807, 2.05) is 168 Å². The molecule has 0 aliphatic carbocycles. The molecule has 8 aromatic carbocycles. The van der Waals surface area contributed by atoms with E-state index in [2.05, 4.69) is 40.5 Å². The second-order valence-corrected chi connectivity index (χ2v) is 35.2. The Labute approximate surface area is 647 Å². The van der Waals surface area contributed by atoms with Crippen molar-refractivity contribution >= 4 is 80.4 Å². The number of rotatable bonds is 26. The van der Waals surface area contributed by atoms with Gasteiger partial charge in [-0.2, -0.15) is 0 Å². The van der Waals surface area contributed by atoms with Gasteiger partial charge in [-0.15, -0.1) is 0 Å². The quantitative estimate of drug-likeness (QED) is 0.0380. The van der Waals surface area contributed by atoms with Gasteiger partial charge < -0.3 is 24.8 Å². The fourth-order valence-corrected chi connectivity index (χ4v) is 21.4. The van der Waals surface area contributed by atoms with Gasteiger partial charge in [-0.3, -0.25) is 31.8 Å². The minimum atomic E-state index is -3.69. The molecule has 4 atom stereocenters. The van der Waals surface area contributed by atoms with Crippen molar-refractivity contribution in [3.05, 3.63) is 237 Å². The first-order valence-electron chi connectivity index (χ1n) is 37.3. The number of benzene rings is 8. The zero-order chi connectivity index (χ0) is 77.9. The number of methoxy groups -OCH3 is 2. The van der Waals surface area contributed by atoms with Crippen molar-refractivity contribution in [1.82, 2.24) is 20.4 Å². The fourth-order valence-electron chi connectivity index (χ4n) is 14.7. The van der Waals surface area contributed by atoms with Gasteiger partial charge in [-0.25, -0.2) is 33.7 Å². The van der Waals surface area contributed by atoms with Gasteiger partial charge >= 0.3 is 5.97 Å². The first-order valence-corrected chi connectivity index (χ1v) is 43.5. The zero-order valence-electron chi connectivity index (χ0n) is 64.2. The number of sulfonamides is 4. The number of nitrogens with one attached hydrogen (secondary N) is 2. The molecule has 4 aliphatic rings. The molecule has 0 radical (unpaired) electrons. The standard InChI is InChI=1S/C24H32N2O4S.C21H28N2O2S.C19H23ClN2O3S.C19H24N2O3S/c1-3-26-21-15-10-8-13-19(21)24(20-14-9-11-16-22(20)31(26,28)29)25-18-12-6-5-7-17-23(27)30-4-2;1-5-6-9-14-22(3)21-17-10-7-8-11-19(17)23(4)26(24,25)20-15-16(2)12-13-18(20)21;1-21(11-6-12-25-3)19-15-7-4-5-8-17(15)22(2)26(23,24)18-13-14(20)9-10-16(18)19;1-3-21-17-11-6-4-9-15(17)19(20-13-8-14-24-2)16-10-5-7-12-18(16)25(21,22)23/h8-11,13-16,24-25H,3-7,12,17-18H2,1-2H3;7-8,10-13,15,21H,5-6,9,14H2,1-4H3;4-5,7-10,13,19H,6,11-12H2,1-3H3;4-7,9-12,19-20H,3,8,13-14H2,1-2H3. The van der Waals surface area contributed by atoms with E-state index in [0.717, 1.165) is 138 Å². The minimum Gasteiger partial charge on any atom is -0.466 e. The molecule has 0 saturated carbocycles. The number of fused-ring (bicyclic) bond motifs is 8. The smallest absolute Gasteiger partial charge is 0.305 e. The number of anilines is 4. The zero-order valence-corrected chi connectivity index (χ0v) is 68.2. The monoisotopic (exact) mass is 1570 g/mol. The molecule has 0 aromatic heterocycles. The maximum Gasteiger partial charge on any atom is 0.305 e. The predicted molar refractivity (Wildman–Crippen MR) is 434 cm³/mol. The molecule has 0 spiro atoms. The summed E-state index contributed by atoms with van der Waals surface area (Å²) < 4.78 is 127. The number of hydrogen-bond acceptors (Lipinski definition) is 16. The number of para-hydroxylation sites is 4. The molecule has 4 unspecified atom stereocenters. The van der Waals surface area contributed by atoms with E-state index in [1.165, 1.54) is 30.1 Å². The van der Waals surface area contributed by atoms with Crippen molar-refractivity contribution < 1.29 is 52.7 Å². The first-order chi connectivity index (χ1) is 51.9. The van der Waals surface area contributed by atoms with Gasteiger partial charge in [0.05, 0.1) is 73.1 Å². The summed E-state index contributed by atoms with van der Waals surface area (Å²) in [5, 5.41) is 7.52. The van der Waals surface area contributed by atoms with Crippen LogP contribution in [0.5, 0.6) is 0 Å². The largest absolute Gasteiger partial charge is 0.466 e. The van der Waals surface area contributed by atoms with E-state index in [4.69, 9.17) is 25.8 Å². The highest BCUT2D eigenvalue weighted by atomic mass is 35.5. The maximum absolute atomic E-state index is 13.4. The van der Waals surface area contributed by atoms with Crippen LogP contribution in [0.3, 0.4) is 0 Å². The van der Waals surface area contributed by atoms with Crippen molar-refractivity contribution in [3.8, 4) is 0 Å². The third-order valence-corrected chi connectivity index (χ3v) is 27.9. The molecule has 8 aromatic rings. The molecule has 108 heavy (non-hydrogen) atoms. The predicted octanol–water partition coefficient (Wildman–Crippen LogP) is 15.2. The van der Waals surface area contributed by atoms with Gasteiger partial charge in [0.2, 0.25) is 0 Å². The highest BCUT2D eigenvalue weighted by Crippen LogP contribution is 2.47. The molecule has 20 nitrogen and oxygen atoms in total. The van der Waals surface area contributed by atoms with E-state index in [0.29, 0.717) is 64.7 Å². The van der Waals surface area contributed by atoms with Crippen LogP contribution in [-0.2, 0) is 59.1 Å². The molecule has 2 N–H and O–H groups in total. The summed E-state index contributed by atoms with van der Waals surface area (Å²) in [6.45, 7) is 15.4. The van der Waals surface area contributed by atoms with Crippen LogP contribution in [0.25, 0.3) is 0 Å². The number of aryl methyl sites for hydroxylation is 1. The van der Waals surface area contributed by atoms with Crippen LogP contribution in [0, 0.1) is 6.92 Å². The molecular formula is C83H107ClN8O12S4. The van der Waals surface area contributed by atoms with Gasteiger partial charge in [-0.1, -0.05) is 172 Å². The van der Waals surface area contributed by atoms with E-state index < -0.39 is 40.1 Å². The summed E-state index contributed by atoms with van der Waals surface area (Å²) in [6.07, 6.45) is 9.40. The van der Waals surface area contributed by atoms with Crippen LogP contribution in [0.2, 0.25) is 5.02 Å². The van der Waals surface area contributed by atoms with E-state index in [9.17, 15) is 38.5 Å². The number of ether oxygens (including phenoxy) is 3. The molecule has 4 heterocycles. The van der Waals surface area contributed by atoms with E-state index >= 15 is 0 Å². The number of nitrogens with zero attached hydrogens (tertiary/aromatic N) is 6. The van der Waals surface area contributed by atoms with Crippen molar-refractivity contribution in [2.24, 2.45) is 0 Å². The van der Waals surface area contributed by atoms with Gasteiger partial charge in [0.25, 0.3) is 40.1 Å². The SMILES string of the molecule is CCCCCN(C)C1c2ccccc2N(C)S(=O)(=O)c2cc(C)ccc21.CCN1c2ccccc2C(NCCCOC)c2ccccc2S1(=O)=O.CCOC(=O)CCCCCCNC1c2ccccc2N(CC)S(=O)(=O)c2ccccc21.COCCCN(C)C1c2ccccc2N(C)S(=O)(=O)c2cc(Cl)ccc21. The Morgan fingerprint density at radius 1 is 0.435 bits per heavy atom. The Balaban J connectivity index is 0.000000167. The number of hydrogen-bond donors (Lipinski definition) is 2. The third kappa shape index (κ3) is 19.0. The van der Waals surface area contributed by atoms with Crippen molar-refractivity contribution in [2.75, 3.05) is 119 Å². The molecule has 12 rings (SSSR count). The lowest BCUT2D eigenvalue weighted by Crippen LogP contribution is -2.30. The molecule has 4 aliphatic heterocycles. The summed E-state index contributed by atoms with van der Waals surface area (Å²) in [6, 6.07) is 55.8. The number of halogens is 1. The van der Waals surface area contributed by atoms with Gasteiger partial charge in [0.15, 0.2) is 0 Å². The van der Waals surface area contributed by atoms with Gasteiger partial charge in [0, 0.05) is 72.6 Å². The molecule has 582 valence electrons. The van der Waals surface area contributed by atoms with Crippen LogP contribution in [0.1, 0.15) is 166 Å². The van der Waals surface area contributed by atoms with Crippen LogP contribution in [0.15, 0.2) is 202 Å². The fraction of sp³-hybridized carbons (Fsp3) is 0.410. The molecule has 0 fully saturated rings. The summed E-state index contributed by atoms with van der Waals surface area (Å²) in [5.41, 5.74) is 11.0. The maximum atomic E-state index is 13.4. The summed E-state index contributed by atoms with van der Waals surface area (Å²) in [5.74, 6) is -0.131. The highest BCUT2D eigenvalue weighted by Gasteiger charge is 2.41. The molecule has 0 bridgehead atoms. The van der Waals surface area contributed by atoms with Crippen LogP contribution in [-0.4, -0.2) is 151 Å². The van der Waals surface area contributed by atoms with Crippen LogP contribution >= 0.6 is 11.6 Å². The van der Waals surface area contributed by atoms with Crippen LogP contribution in [0.4, 0.5) is 22.7 Å². The lowest BCUT2D eigenvalue weighted by atomic mass is 9.94. The van der Waals surface area contributed by atoms with Gasteiger partial charge in [0.1, 0.15) is 0 Å². The van der Waals surface area contributed by atoms with Gasteiger partial charge in [-0.05, 0) is 198 Å². The minimum absolute atomic E-state index is 0.0709. The third-order valence-electron chi connectivity index (χ3n) is 20.0. The number of esters is 1. The second-order valence-electron chi connectivity index (χ2n) is 27.2. The second kappa shape index (κ2) is 38.8. The average molecular weight is 1570 g/mol. The average Bonchev–Trinajstić information content (AvgIpc) is 1.60. The van der Waals surface area contributed by atoms with Crippen LogP contribution < -0.4 is 27.9 Å². The van der Waals surface area contributed by atoms with E-state index in [-0.39, 0.29) is 35.0 Å². The van der Waals surface area contributed by atoms with Crippen molar-refractivity contribution in [2.45, 2.75) is 143 Å². The Bertz CT molecular complexity index is 4670. The normalized spacial score (nSPS) is 17.9. The number of carbonyl (C=O) groups is 1. The molecule has 0 saturated heterocycles. The Hall–Kier alpha value is -7.72. The van der Waals surface area contributed by atoms with Crippen molar-refractivity contribution in [1.29, 1.82) is 0 Å². The lowest BCUT2D eigenvalue weighted by Gasteiger charge is -2.30. The lowest BCUT2D eigenvalue weighted by molar-refractivity contribution is -0.143. The number of unbranched alkanes of at least 4 members (excludes halogenated alkanes) is 5. The molecular weight excluding hydrogens is 1460 g/mol. The number of carbonyl (C=O) groups excluding carboxylic acids is 1. The molecule has 25 heteroatoms. The Morgan fingerprint density at radius 2 is 0.843 bits per heavy atom. The summed E-state index contributed by atoms with van der Waals surface area (Å²) in [4.78, 5) is 17.3. The Morgan fingerprint density at radius 3 is 1.31 bits per heavy atom.